The fraction of sp³-hybridized carbons (Fsp3) is 0.143. The quantitative estimate of drug-likeness (QED) is 0.537. The molecule has 0 aliphatic heterocycles. The molecule has 1 N–H and O–H groups in total. The monoisotopic (exact) mass is 407 g/mol. The lowest BCUT2D eigenvalue weighted by molar-refractivity contribution is -0.113. The molecule has 0 fully saturated rings. The maximum Gasteiger partial charge on any atom is 0.234 e. The number of aromatic nitrogens is 4. The summed E-state index contributed by atoms with van der Waals surface area (Å²) >= 11 is 1.44. The third kappa shape index (κ3) is 3.71. The summed E-state index contributed by atoms with van der Waals surface area (Å²) in [5.41, 5.74) is 4.60. The van der Waals surface area contributed by atoms with Gasteiger partial charge in [0.15, 0.2) is 5.65 Å². The van der Waals surface area contributed by atoms with E-state index in [0.29, 0.717) is 34.0 Å². The summed E-state index contributed by atoms with van der Waals surface area (Å²) in [4.78, 5) is 21.1. The van der Waals surface area contributed by atoms with Crippen molar-refractivity contribution in [3.8, 4) is 22.5 Å². The Labute approximate surface area is 171 Å². The molecule has 0 bridgehead atoms. The van der Waals surface area contributed by atoms with Crippen LogP contribution in [0.1, 0.15) is 5.56 Å². The van der Waals surface area contributed by atoms with Crippen molar-refractivity contribution >= 4 is 29.0 Å². The Morgan fingerprint density at radius 1 is 1.24 bits per heavy atom. The van der Waals surface area contributed by atoms with Gasteiger partial charge in [0.1, 0.15) is 11.5 Å². The van der Waals surface area contributed by atoms with E-state index < -0.39 is 0 Å². The van der Waals surface area contributed by atoms with Crippen LogP contribution in [-0.4, -0.2) is 37.5 Å². The number of pyridine rings is 1. The fourth-order valence-corrected chi connectivity index (χ4v) is 3.48. The second kappa shape index (κ2) is 8.00. The number of halogens is 1. The van der Waals surface area contributed by atoms with E-state index in [0.717, 1.165) is 11.1 Å². The Morgan fingerprint density at radius 3 is 2.90 bits per heavy atom. The van der Waals surface area contributed by atoms with Gasteiger partial charge in [-0.15, -0.1) is 0 Å². The zero-order chi connectivity index (χ0) is 20.4. The number of benzene rings is 1. The number of carbonyl (C=O) groups is 1. The van der Waals surface area contributed by atoms with Crippen molar-refractivity contribution in [3.63, 3.8) is 0 Å². The number of rotatable bonds is 5. The van der Waals surface area contributed by atoms with Crippen molar-refractivity contribution in [2.45, 2.75) is 6.92 Å². The van der Waals surface area contributed by atoms with Crippen LogP contribution in [0, 0.1) is 12.7 Å². The van der Waals surface area contributed by atoms with E-state index in [-0.39, 0.29) is 11.7 Å². The minimum absolute atomic E-state index is 0.118. The maximum atomic E-state index is 13.8. The fourth-order valence-electron chi connectivity index (χ4n) is 3.14. The van der Waals surface area contributed by atoms with Gasteiger partial charge in [0.25, 0.3) is 0 Å². The summed E-state index contributed by atoms with van der Waals surface area (Å²) in [7, 11) is 0. The van der Waals surface area contributed by atoms with Crippen molar-refractivity contribution < 1.29 is 9.18 Å². The summed E-state index contributed by atoms with van der Waals surface area (Å²) in [6.07, 6.45) is 6.80. The highest BCUT2D eigenvalue weighted by atomic mass is 32.2. The van der Waals surface area contributed by atoms with Gasteiger partial charge in [-0.1, -0.05) is 0 Å². The molecule has 4 rings (SSSR count). The van der Waals surface area contributed by atoms with Crippen LogP contribution in [0.5, 0.6) is 0 Å². The van der Waals surface area contributed by atoms with Crippen LogP contribution >= 0.6 is 11.8 Å². The highest BCUT2D eigenvalue weighted by Crippen LogP contribution is 2.36. The van der Waals surface area contributed by atoms with E-state index in [2.05, 4.69) is 15.4 Å². The lowest BCUT2D eigenvalue weighted by Gasteiger charge is -2.12. The number of anilines is 1. The summed E-state index contributed by atoms with van der Waals surface area (Å²) in [5, 5.41) is 7.36. The number of thioether (sulfide) groups is 1. The third-order valence-electron chi connectivity index (χ3n) is 4.45. The largest absolute Gasteiger partial charge is 0.323 e. The van der Waals surface area contributed by atoms with Gasteiger partial charge in [-0.2, -0.15) is 16.9 Å². The van der Waals surface area contributed by atoms with E-state index in [4.69, 9.17) is 4.98 Å². The molecule has 0 radical (unpaired) electrons. The van der Waals surface area contributed by atoms with Crippen molar-refractivity contribution in [2.24, 2.45) is 0 Å². The third-order valence-corrected chi connectivity index (χ3v) is 5.00. The average molecular weight is 407 g/mol. The van der Waals surface area contributed by atoms with E-state index in [1.165, 1.54) is 17.8 Å². The molecule has 146 valence electrons. The standard InChI is InChI=1S/C21H18FN5OS/c1-13-10-14(5-6-16(13)22)20-21(27-18(26-20)4-3-8-24-27)15-7-9-23-11-17(15)25-19(28)12-29-2/h3-11H,12H2,1-2H3,(H,25,28). The first-order valence-corrected chi connectivity index (χ1v) is 10.3. The summed E-state index contributed by atoms with van der Waals surface area (Å²) < 4.78 is 15.5. The molecular formula is C21H18FN5OS. The van der Waals surface area contributed by atoms with E-state index in [1.807, 2.05) is 18.4 Å². The van der Waals surface area contributed by atoms with Crippen LogP contribution in [0.25, 0.3) is 28.2 Å². The molecule has 3 aromatic heterocycles. The molecule has 0 saturated carbocycles. The number of hydrogen-bond donors (Lipinski definition) is 1. The van der Waals surface area contributed by atoms with Crippen LogP contribution < -0.4 is 5.32 Å². The summed E-state index contributed by atoms with van der Waals surface area (Å²) in [6, 6.07) is 10.4. The topological polar surface area (TPSA) is 72.2 Å². The molecule has 0 aliphatic carbocycles. The molecule has 0 atom stereocenters. The molecule has 29 heavy (non-hydrogen) atoms. The molecule has 0 aliphatic rings. The van der Waals surface area contributed by atoms with Crippen LogP contribution in [-0.2, 0) is 4.79 Å². The van der Waals surface area contributed by atoms with Gasteiger partial charge in [-0.25, -0.2) is 13.9 Å². The minimum Gasteiger partial charge on any atom is -0.323 e. The zero-order valence-corrected chi connectivity index (χ0v) is 16.7. The normalized spacial score (nSPS) is 11.0. The first-order valence-electron chi connectivity index (χ1n) is 8.92. The molecule has 1 amide bonds. The molecule has 6 nitrogen and oxygen atoms in total. The predicted octanol–water partition coefficient (Wildman–Crippen LogP) is 4.21. The number of nitrogens with zero attached hydrogens (tertiary/aromatic N) is 4. The van der Waals surface area contributed by atoms with Crippen molar-refractivity contribution in [1.82, 2.24) is 19.6 Å². The van der Waals surface area contributed by atoms with Crippen LogP contribution in [0.3, 0.4) is 0 Å². The Hall–Kier alpha value is -3.26. The predicted molar refractivity (Wildman–Crippen MR) is 113 cm³/mol. The Morgan fingerprint density at radius 2 is 2.10 bits per heavy atom. The molecule has 4 aromatic rings. The number of aryl methyl sites for hydroxylation is 1. The Kier molecular flexibility index (Phi) is 5.26. The molecule has 1 aromatic carbocycles. The highest BCUT2D eigenvalue weighted by Gasteiger charge is 2.20. The maximum absolute atomic E-state index is 13.8. The lowest BCUT2D eigenvalue weighted by atomic mass is 10.0. The van der Waals surface area contributed by atoms with Gasteiger partial charge in [-0.3, -0.25) is 9.78 Å². The van der Waals surface area contributed by atoms with Gasteiger partial charge in [0.05, 0.1) is 23.3 Å². The Balaban J connectivity index is 1.94. The van der Waals surface area contributed by atoms with E-state index in [1.54, 1.807) is 48.2 Å². The summed E-state index contributed by atoms with van der Waals surface area (Å²) in [5.74, 6) is -0.0529. The molecule has 0 saturated heterocycles. The lowest BCUT2D eigenvalue weighted by Crippen LogP contribution is -2.15. The van der Waals surface area contributed by atoms with Crippen molar-refractivity contribution in [2.75, 3.05) is 17.3 Å². The molecule has 0 unspecified atom stereocenters. The van der Waals surface area contributed by atoms with Gasteiger partial charge in [0, 0.05) is 23.5 Å². The second-order valence-electron chi connectivity index (χ2n) is 6.47. The van der Waals surface area contributed by atoms with Crippen molar-refractivity contribution in [1.29, 1.82) is 0 Å². The number of carbonyl (C=O) groups excluding carboxylic acids is 1. The second-order valence-corrected chi connectivity index (χ2v) is 7.34. The van der Waals surface area contributed by atoms with Crippen molar-refractivity contribution in [3.05, 3.63) is 66.4 Å². The number of amides is 1. The SMILES string of the molecule is CSCC(=O)Nc1cnccc1-c1c(-c2ccc(F)c(C)c2)nc2cccnn12. The first-order chi connectivity index (χ1) is 14.1. The number of fused-ring (bicyclic) bond motifs is 1. The number of hydrogen-bond acceptors (Lipinski definition) is 5. The molecular weight excluding hydrogens is 389 g/mol. The minimum atomic E-state index is -0.272. The van der Waals surface area contributed by atoms with Gasteiger partial charge < -0.3 is 5.32 Å². The zero-order valence-electron chi connectivity index (χ0n) is 15.9. The summed E-state index contributed by atoms with van der Waals surface area (Å²) in [6.45, 7) is 1.72. The molecule has 3 heterocycles. The number of nitrogens with one attached hydrogen (secondary N) is 1. The van der Waals surface area contributed by atoms with Crippen LogP contribution in [0.2, 0.25) is 0 Å². The molecule has 8 heteroatoms. The smallest absolute Gasteiger partial charge is 0.234 e. The average Bonchev–Trinajstić information content (AvgIpc) is 3.10. The van der Waals surface area contributed by atoms with Gasteiger partial charge in [0.2, 0.25) is 5.91 Å². The Bertz CT molecular complexity index is 1210. The van der Waals surface area contributed by atoms with Gasteiger partial charge >= 0.3 is 0 Å². The number of imidazole rings is 1. The first kappa shape index (κ1) is 19.1. The van der Waals surface area contributed by atoms with E-state index >= 15 is 0 Å². The highest BCUT2D eigenvalue weighted by molar-refractivity contribution is 7.99. The molecule has 0 spiro atoms. The van der Waals surface area contributed by atoms with Crippen LogP contribution in [0.4, 0.5) is 10.1 Å². The van der Waals surface area contributed by atoms with Gasteiger partial charge in [-0.05, 0) is 55.1 Å². The van der Waals surface area contributed by atoms with E-state index in [9.17, 15) is 9.18 Å². The van der Waals surface area contributed by atoms with Crippen LogP contribution in [0.15, 0.2) is 55.0 Å².